The van der Waals surface area contributed by atoms with Crippen molar-refractivity contribution in [3.63, 3.8) is 0 Å². The van der Waals surface area contributed by atoms with E-state index in [0.29, 0.717) is 29.8 Å². The first kappa shape index (κ1) is 30.5. The van der Waals surface area contributed by atoms with Crippen molar-refractivity contribution in [1.29, 1.82) is 0 Å². The number of nitrogens with zero attached hydrogens (tertiary/aromatic N) is 4. The average Bonchev–Trinajstić information content (AvgIpc) is 3.31. The molecule has 13 nitrogen and oxygen atoms in total. The molecule has 1 atom stereocenters. The first-order valence-corrected chi connectivity index (χ1v) is 15.1. The maximum atomic E-state index is 12.7. The number of nitrogens with one attached hydrogen (secondary N) is 2. The van der Waals surface area contributed by atoms with Crippen LogP contribution in [0.5, 0.6) is 0 Å². The van der Waals surface area contributed by atoms with Crippen LogP contribution in [0, 0.1) is 11.8 Å². The van der Waals surface area contributed by atoms with Gasteiger partial charge in [0.15, 0.2) is 5.58 Å². The number of carboxylic acid groups (broad SMARTS) is 1. The summed E-state index contributed by atoms with van der Waals surface area (Å²) < 4.78 is 34.9. The lowest BCUT2D eigenvalue weighted by molar-refractivity contribution is -0.138. The molecule has 5 rings (SSSR count). The van der Waals surface area contributed by atoms with Crippen LogP contribution in [0.1, 0.15) is 34.1 Å². The van der Waals surface area contributed by atoms with Gasteiger partial charge in [0.2, 0.25) is 0 Å². The SMILES string of the molecule is C[C@@H](NS(=O)(=O)N1CCN(c2ccc(C#Cc3ccnc(C(=O)NCc4ccc5c(c4)oc(=O)n5C)c3)cc2)CC1)C(=O)O. The van der Waals surface area contributed by atoms with E-state index >= 15 is 0 Å². The molecule has 1 aliphatic rings. The molecule has 1 fully saturated rings. The van der Waals surface area contributed by atoms with Gasteiger partial charge in [-0.15, -0.1) is 0 Å². The Kier molecular flexibility index (Phi) is 8.81. The largest absolute Gasteiger partial charge is 0.480 e. The molecule has 2 aromatic heterocycles. The molecule has 0 radical (unpaired) electrons. The van der Waals surface area contributed by atoms with Crippen molar-refractivity contribution in [1.82, 2.24) is 23.9 Å². The van der Waals surface area contributed by atoms with Gasteiger partial charge in [-0.1, -0.05) is 17.9 Å². The third-order valence-electron chi connectivity index (χ3n) is 7.16. The molecule has 0 aliphatic carbocycles. The second kappa shape index (κ2) is 12.7. The second-order valence-electron chi connectivity index (χ2n) is 10.2. The summed E-state index contributed by atoms with van der Waals surface area (Å²) in [5, 5.41) is 11.8. The number of aliphatic carboxylic acids is 1. The number of aromatic nitrogens is 2. The standard InChI is InChI=1S/C30H30N6O7S/c1-20(29(38)39)33-44(41,42)36-15-13-35(14-16-36)24-8-5-21(6-9-24)3-4-22-11-12-31-25(17-22)28(37)32-19-23-7-10-26-27(18-23)43-30(40)34(26)2/h5-12,17-18,20,33H,13-16,19H2,1-2H3,(H,32,37)(H,38,39)/t20-/m1/s1. The van der Waals surface area contributed by atoms with Crippen molar-refractivity contribution in [3.8, 4) is 11.8 Å². The van der Waals surface area contributed by atoms with Crippen molar-refractivity contribution in [2.45, 2.75) is 19.5 Å². The van der Waals surface area contributed by atoms with E-state index in [-0.39, 0.29) is 31.2 Å². The number of carboxylic acids is 1. The minimum Gasteiger partial charge on any atom is -0.480 e. The van der Waals surface area contributed by atoms with Gasteiger partial charge in [0.05, 0.1) is 5.52 Å². The maximum absolute atomic E-state index is 12.7. The molecule has 0 unspecified atom stereocenters. The molecule has 14 heteroatoms. The third kappa shape index (κ3) is 6.97. The Balaban J connectivity index is 1.16. The monoisotopic (exact) mass is 618 g/mol. The highest BCUT2D eigenvalue weighted by molar-refractivity contribution is 7.87. The first-order valence-electron chi connectivity index (χ1n) is 13.7. The zero-order chi connectivity index (χ0) is 31.4. The normalized spacial score (nSPS) is 14.5. The lowest BCUT2D eigenvalue weighted by Gasteiger charge is -2.35. The fraction of sp³-hybridized carbons (Fsp3) is 0.267. The summed E-state index contributed by atoms with van der Waals surface area (Å²) in [6.07, 6.45) is 1.52. The number of piperazine rings is 1. The lowest BCUT2D eigenvalue weighted by Crippen LogP contribution is -2.54. The first-order chi connectivity index (χ1) is 21.0. The van der Waals surface area contributed by atoms with Gasteiger partial charge in [0, 0.05) is 62.8 Å². The van der Waals surface area contributed by atoms with Gasteiger partial charge < -0.3 is 19.7 Å². The molecule has 3 N–H and O–H groups in total. The van der Waals surface area contributed by atoms with Gasteiger partial charge in [-0.05, 0) is 61.0 Å². The van der Waals surface area contributed by atoms with E-state index in [1.165, 1.54) is 22.0 Å². The minimum absolute atomic E-state index is 0.216. The van der Waals surface area contributed by atoms with E-state index in [9.17, 15) is 22.8 Å². The zero-order valence-corrected chi connectivity index (χ0v) is 24.8. The van der Waals surface area contributed by atoms with E-state index in [2.05, 4.69) is 26.9 Å². The number of pyridine rings is 1. The van der Waals surface area contributed by atoms with Gasteiger partial charge in [0.25, 0.3) is 16.1 Å². The quantitative estimate of drug-likeness (QED) is 0.247. The smallest absolute Gasteiger partial charge is 0.419 e. The molecule has 0 spiro atoms. The van der Waals surface area contributed by atoms with Crippen molar-refractivity contribution in [2.75, 3.05) is 31.1 Å². The van der Waals surface area contributed by atoms with Crippen molar-refractivity contribution >= 4 is 38.9 Å². The van der Waals surface area contributed by atoms with Gasteiger partial charge >= 0.3 is 11.7 Å². The Morgan fingerprint density at radius 2 is 1.73 bits per heavy atom. The number of anilines is 1. The average molecular weight is 619 g/mol. The number of hydrogen-bond donors (Lipinski definition) is 3. The molecule has 1 amide bonds. The molecule has 3 heterocycles. The number of aryl methyl sites for hydroxylation is 1. The molecule has 44 heavy (non-hydrogen) atoms. The number of hydrogen-bond acceptors (Lipinski definition) is 8. The van der Waals surface area contributed by atoms with Crippen LogP contribution >= 0.6 is 0 Å². The van der Waals surface area contributed by atoms with Crippen LogP contribution in [0.15, 0.2) is 70.0 Å². The van der Waals surface area contributed by atoms with Crippen molar-refractivity contribution in [3.05, 3.63) is 93.7 Å². The Hall–Kier alpha value is -4.97. The highest BCUT2D eigenvalue weighted by atomic mass is 32.2. The Morgan fingerprint density at radius 3 is 2.43 bits per heavy atom. The Labute approximate surface area is 253 Å². The minimum atomic E-state index is -3.89. The van der Waals surface area contributed by atoms with E-state index in [4.69, 9.17) is 9.52 Å². The van der Waals surface area contributed by atoms with E-state index in [1.807, 2.05) is 35.2 Å². The van der Waals surface area contributed by atoms with Crippen molar-refractivity contribution < 1.29 is 27.5 Å². The summed E-state index contributed by atoms with van der Waals surface area (Å²) >= 11 is 0. The van der Waals surface area contributed by atoms with Gasteiger partial charge in [-0.2, -0.15) is 17.4 Å². The number of fused-ring (bicyclic) bond motifs is 1. The predicted molar refractivity (Wildman–Crippen MR) is 162 cm³/mol. The van der Waals surface area contributed by atoms with Crippen molar-refractivity contribution in [2.24, 2.45) is 7.05 Å². The third-order valence-corrected chi connectivity index (χ3v) is 8.86. The molecule has 1 saturated heterocycles. The molecule has 2 aromatic carbocycles. The molecule has 4 aromatic rings. The fourth-order valence-electron chi connectivity index (χ4n) is 4.63. The molecule has 1 aliphatic heterocycles. The predicted octanol–water partition coefficient (Wildman–Crippen LogP) is 1.29. The van der Waals surface area contributed by atoms with Crippen LogP contribution in [0.25, 0.3) is 11.1 Å². The maximum Gasteiger partial charge on any atom is 0.419 e. The summed E-state index contributed by atoms with van der Waals surface area (Å²) in [7, 11) is -2.27. The molecular formula is C30H30N6O7S. The zero-order valence-electron chi connectivity index (χ0n) is 24.0. The topological polar surface area (TPSA) is 167 Å². The van der Waals surface area contributed by atoms with Gasteiger partial charge in [0.1, 0.15) is 11.7 Å². The summed E-state index contributed by atoms with van der Waals surface area (Å²) in [5.41, 5.74) is 4.39. The van der Waals surface area contributed by atoms with Crippen LogP contribution in [-0.2, 0) is 28.6 Å². The van der Waals surface area contributed by atoms with Crippen LogP contribution in [-0.4, -0.2) is 71.5 Å². The van der Waals surface area contributed by atoms with Gasteiger partial charge in [-0.25, -0.2) is 4.79 Å². The molecule has 228 valence electrons. The number of oxazole rings is 1. The summed E-state index contributed by atoms with van der Waals surface area (Å²) in [6, 6.07) is 14.9. The Bertz CT molecular complexity index is 1930. The summed E-state index contributed by atoms with van der Waals surface area (Å²) in [4.78, 5) is 41.7. The molecule has 0 bridgehead atoms. The Morgan fingerprint density at radius 1 is 1.02 bits per heavy atom. The number of benzene rings is 2. The summed E-state index contributed by atoms with van der Waals surface area (Å²) in [6.45, 7) is 2.86. The van der Waals surface area contributed by atoms with Crippen LogP contribution < -0.4 is 20.7 Å². The van der Waals surface area contributed by atoms with Crippen LogP contribution in [0.4, 0.5) is 5.69 Å². The highest BCUT2D eigenvalue weighted by Gasteiger charge is 2.29. The number of carbonyl (C=O) groups excluding carboxylic acids is 1. The highest BCUT2D eigenvalue weighted by Crippen LogP contribution is 2.19. The van der Waals surface area contributed by atoms with E-state index in [0.717, 1.165) is 16.8 Å². The van der Waals surface area contributed by atoms with E-state index < -0.39 is 28.0 Å². The number of amides is 1. The van der Waals surface area contributed by atoms with E-state index in [1.54, 1.807) is 31.3 Å². The number of rotatable bonds is 8. The second-order valence-corrected chi connectivity index (χ2v) is 11.9. The molecular weight excluding hydrogens is 588 g/mol. The van der Waals surface area contributed by atoms with Gasteiger partial charge in [-0.3, -0.25) is 19.1 Å². The van der Waals surface area contributed by atoms with Crippen LogP contribution in [0.3, 0.4) is 0 Å². The molecule has 0 saturated carbocycles. The summed E-state index contributed by atoms with van der Waals surface area (Å²) in [5.74, 6) is 4.08. The van der Waals surface area contributed by atoms with Crippen LogP contribution in [0.2, 0.25) is 0 Å². The fourth-order valence-corrected chi connectivity index (χ4v) is 5.97. The number of carbonyl (C=O) groups is 2. The lowest BCUT2D eigenvalue weighted by atomic mass is 10.1.